The second-order valence-electron chi connectivity index (χ2n) is 4.72. The molecule has 0 saturated carbocycles. The monoisotopic (exact) mass is 249 g/mol. The van der Waals surface area contributed by atoms with Crippen LogP contribution in [0.3, 0.4) is 0 Å². The van der Waals surface area contributed by atoms with Crippen molar-refractivity contribution in [1.82, 2.24) is 15.0 Å². The Labute approximate surface area is 104 Å². The van der Waals surface area contributed by atoms with E-state index in [2.05, 4.69) is 10.3 Å². The van der Waals surface area contributed by atoms with E-state index in [0.717, 1.165) is 5.52 Å². The lowest BCUT2D eigenvalue weighted by Crippen LogP contribution is -2.29. The fourth-order valence-corrected chi connectivity index (χ4v) is 1.65. The van der Waals surface area contributed by atoms with Crippen LogP contribution in [0.4, 0.5) is 0 Å². The summed E-state index contributed by atoms with van der Waals surface area (Å²) in [5, 5.41) is 16.9. The minimum atomic E-state index is -0.969. The fourth-order valence-electron chi connectivity index (χ4n) is 1.65. The molecule has 0 aliphatic rings. The third-order valence-corrected chi connectivity index (χ3v) is 2.84. The molecule has 1 heterocycles. The van der Waals surface area contributed by atoms with Crippen LogP contribution >= 0.6 is 0 Å². The van der Waals surface area contributed by atoms with Gasteiger partial charge in [0.25, 0.3) is 0 Å². The summed E-state index contributed by atoms with van der Waals surface area (Å²) in [5.74, 6) is -0.969. The maximum absolute atomic E-state index is 10.9. The Hall–Kier alpha value is -1.95. The van der Waals surface area contributed by atoms with Gasteiger partial charge in [0.05, 0.1) is 23.2 Å². The zero-order valence-electron chi connectivity index (χ0n) is 10.5. The van der Waals surface area contributed by atoms with Crippen molar-refractivity contribution in [2.75, 3.05) is 7.11 Å². The van der Waals surface area contributed by atoms with Gasteiger partial charge in [-0.05, 0) is 32.0 Å². The Morgan fingerprint density at radius 3 is 2.83 bits per heavy atom. The van der Waals surface area contributed by atoms with E-state index in [0.29, 0.717) is 12.1 Å². The van der Waals surface area contributed by atoms with Crippen LogP contribution in [0.25, 0.3) is 11.0 Å². The molecular weight excluding hydrogens is 234 g/mol. The highest BCUT2D eigenvalue weighted by atomic mass is 16.5. The summed E-state index contributed by atoms with van der Waals surface area (Å²) in [4.78, 5) is 10.9. The zero-order chi connectivity index (χ0) is 13.3. The molecule has 6 heteroatoms. The second kappa shape index (κ2) is 4.38. The van der Waals surface area contributed by atoms with E-state index in [-0.39, 0.29) is 11.2 Å². The molecule has 0 radical (unpaired) electrons. The number of carboxylic acid groups (broad SMARTS) is 1. The van der Waals surface area contributed by atoms with E-state index < -0.39 is 5.97 Å². The van der Waals surface area contributed by atoms with E-state index in [4.69, 9.17) is 9.84 Å². The molecule has 0 amide bonds. The van der Waals surface area contributed by atoms with Gasteiger partial charge < -0.3 is 9.84 Å². The molecule has 0 saturated heterocycles. The third kappa shape index (κ3) is 2.33. The van der Waals surface area contributed by atoms with Gasteiger partial charge in [-0.15, -0.1) is 5.10 Å². The minimum Gasteiger partial charge on any atom is -0.478 e. The molecule has 0 fully saturated rings. The molecule has 0 bridgehead atoms. The van der Waals surface area contributed by atoms with Crippen molar-refractivity contribution in [2.24, 2.45) is 0 Å². The van der Waals surface area contributed by atoms with Crippen molar-refractivity contribution in [3.05, 3.63) is 23.8 Å². The van der Waals surface area contributed by atoms with Crippen LogP contribution in [0.2, 0.25) is 0 Å². The second-order valence-corrected chi connectivity index (χ2v) is 4.72. The van der Waals surface area contributed by atoms with Crippen LogP contribution in [0.15, 0.2) is 18.2 Å². The average Bonchev–Trinajstić information content (AvgIpc) is 2.71. The van der Waals surface area contributed by atoms with Gasteiger partial charge in [-0.25, -0.2) is 9.48 Å². The van der Waals surface area contributed by atoms with E-state index in [1.807, 2.05) is 13.8 Å². The quantitative estimate of drug-likeness (QED) is 0.889. The van der Waals surface area contributed by atoms with Gasteiger partial charge in [0.1, 0.15) is 5.52 Å². The molecule has 0 atom stereocenters. The van der Waals surface area contributed by atoms with E-state index in [1.165, 1.54) is 6.07 Å². The molecule has 96 valence electrons. The number of fused-ring (bicyclic) bond motifs is 1. The predicted octanol–water partition coefficient (Wildman–Crippen LogP) is 1.55. The molecule has 2 rings (SSSR count). The minimum absolute atomic E-state index is 0.209. The maximum Gasteiger partial charge on any atom is 0.335 e. The molecule has 1 aromatic heterocycles. The lowest BCUT2D eigenvalue weighted by Gasteiger charge is -2.22. The first-order valence-corrected chi connectivity index (χ1v) is 5.55. The lowest BCUT2D eigenvalue weighted by molar-refractivity contribution is 0.00600. The third-order valence-electron chi connectivity index (χ3n) is 2.84. The van der Waals surface area contributed by atoms with Gasteiger partial charge in [-0.3, -0.25) is 0 Å². The molecule has 1 aromatic carbocycles. The number of carbonyl (C=O) groups is 1. The summed E-state index contributed by atoms with van der Waals surface area (Å²) in [7, 11) is 1.64. The van der Waals surface area contributed by atoms with Crippen molar-refractivity contribution < 1.29 is 14.6 Å². The number of methoxy groups -OCH3 is 1. The van der Waals surface area contributed by atoms with Gasteiger partial charge >= 0.3 is 5.97 Å². The number of carboxylic acids is 1. The van der Waals surface area contributed by atoms with Gasteiger partial charge in [0.15, 0.2) is 0 Å². The highest BCUT2D eigenvalue weighted by molar-refractivity contribution is 5.92. The Morgan fingerprint density at radius 2 is 2.22 bits per heavy atom. The molecule has 0 unspecified atom stereocenters. The zero-order valence-corrected chi connectivity index (χ0v) is 10.5. The summed E-state index contributed by atoms with van der Waals surface area (Å²) >= 11 is 0. The highest BCUT2D eigenvalue weighted by Crippen LogP contribution is 2.17. The molecule has 6 nitrogen and oxygen atoms in total. The van der Waals surface area contributed by atoms with Crippen LogP contribution in [0.5, 0.6) is 0 Å². The smallest absolute Gasteiger partial charge is 0.335 e. The summed E-state index contributed by atoms with van der Waals surface area (Å²) in [6, 6.07) is 4.77. The van der Waals surface area contributed by atoms with Crippen molar-refractivity contribution in [1.29, 1.82) is 0 Å². The van der Waals surface area contributed by atoms with Crippen LogP contribution in [-0.2, 0) is 11.3 Å². The van der Waals surface area contributed by atoms with Gasteiger partial charge in [0.2, 0.25) is 0 Å². The Kier molecular flexibility index (Phi) is 3.04. The van der Waals surface area contributed by atoms with Gasteiger partial charge in [0, 0.05) is 7.11 Å². The SMILES string of the molecule is COC(C)(C)Cn1nnc2cc(C(=O)O)ccc21. The molecule has 2 aromatic rings. The largest absolute Gasteiger partial charge is 0.478 e. The van der Waals surface area contributed by atoms with Crippen molar-refractivity contribution in [2.45, 2.75) is 26.0 Å². The first kappa shape index (κ1) is 12.5. The highest BCUT2D eigenvalue weighted by Gasteiger charge is 2.19. The standard InChI is InChI=1S/C12H15N3O3/c1-12(2,18-3)7-15-10-5-4-8(11(16)17)6-9(10)13-14-15/h4-6H,7H2,1-3H3,(H,16,17). The predicted molar refractivity (Wildman–Crippen MR) is 65.6 cm³/mol. The number of hydrogen-bond acceptors (Lipinski definition) is 4. The Balaban J connectivity index is 2.40. The normalized spacial score (nSPS) is 11.9. The van der Waals surface area contributed by atoms with Crippen LogP contribution in [0.1, 0.15) is 24.2 Å². The van der Waals surface area contributed by atoms with Crippen molar-refractivity contribution >= 4 is 17.0 Å². The average molecular weight is 249 g/mol. The molecule has 0 aliphatic carbocycles. The number of aromatic nitrogens is 3. The number of ether oxygens (including phenoxy) is 1. The topological polar surface area (TPSA) is 77.2 Å². The number of rotatable bonds is 4. The summed E-state index contributed by atoms with van der Waals surface area (Å²) in [6.45, 7) is 4.45. The van der Waals surface area contributed by atoms with Crippen LogP contribution in [0, 0.1) is 0 Å². The first-order valence-electron chi connectivity index (χ1n) is 5.55. The molecule has 0 aliphatic heterocycles. The van der Waals surface area contributed by atoms with Crippen molar-refractivity contribution in [3.8, 4) is 0 Å². The van der Waals surface area contributed by atoms with Gasteiger partial charge in [-0.1, -0.05) is 5.21 Å². The number of benzene rings is 1. The molecule has 1 N–H and O–H groups in total. The Bertz CT molecular complexity index is 589. The number of hydrogen-bond donors (Lipinski definition) is 1. The van der Waals surface area contributed by atoms with Crippen molar-refractivity contribution in [3.63, 3.8) is 0 Å². The summed E-state index contributed by atoms with van der Waals surface area (Å²) in [5.41, 5.74) is 1.22. The van der Waals surface area contributed by atoms with E-state index >= 15 is 0 Å². The molecule has 0 spiro atoms. The first-order chi connectivity index (χ1) is 8.43. The summed E-state index contributed by atoms with van der Waals surface area (Å²) < 4.78 is 7.05. The molecular formula is C12H15N3O3. The Morgan fingerprint density at radius 1 is 1.50 bits per heavy atom. The van der Waals surface area contributed by atoms with Gasteiger partial charge in [-0.2, -0.15) is 0 Å². The fraction of sp³-hybridized carbons (Fsp3) is 0.417. The number of aromatic carboxylic acids is 1. The number of nitrogens with zero attached hydrogens (tertiary/aromatic N) is 3. The lowest BCUT2D eigenvalue weighted by atomic mass is 10.1. The maximum atomic E-state index is 10.9. The summed E-state index contributed by atoms with van der Waals surface area (Å²) in [6.07, 6.45) is 0. The molecule has 18 heavy (non-hydrogen) atoms. The van der Waals surface area contributed by atoms with E-state index in [9.17, 15) is 4.79 Å². The van der Waals surface area contributed by atoms with E-state index in [1.54, 1.807) is 23.9 Å². The van der Waals surface area contributed by atoms with Crippen LogP contribution < -0.4 is 0 Å². The van der Waals surface area contributed by atoms with Crippen LogP contribution in [-0.4, -0.2) is 38.8 Å².